The van der Waals surface area contributed by atoms with Gasteiger partial charge in [-0.25, -0.2) is 0 Å². The highest BCUT2D eigenvalue weighted by atomic mass is 16.6. The molecule has 0 heterocycles. The van der Waals surface area contributed by atoms with E-state index in [1.54, 1.807) is 6.92 Å². The maximum Gasteiger partial charge on any atom is 0.285 e. The van der Waals surface area contributed by atoms with Crippen molar-refractivity contribution in [2.75, 3.05) is 13.7 Å². The average Bonchev–Trinajstić information content (AvgIpc) is 2.43. The number of carbonyl (C=O) groups excluding carboxylic acids is 1. The molecule has 1 aromatic rings. The van der Waals surface area contributed by atoms with Gasteiger partial charge in [0.1, 0.15) is 5.75 Å². The molecular weight excluding hydrogens is 276 g/mol. The number of carbonyl (C=O) groups is 1. The predicted molar refractivity (Wildman–Crippen MR) is 77.5 cm³/mol. The second-order valence-corrected chi connectivity index (χ2v) is 5.04. The van der Waals surface area contributed by atoms with Crippen molar-refractivity contribution in [2.45, 2.75) is 32.3 Å². The van der Waals surface area contributed by atoms with Gasteiger partial charge in [0.2, 0.25) is 0 Å². The summed E-state index contributed by atoms with van der Waals surface area (Å²) in [5.41, 5.74) is -1.53. The minimum absolute atomic E-state index is 0.00881. The number of nitro benzene ring substituents is 1. The largest absolute Gasteiger partial charge is 0.496 e. The smallest absolute Gasteiger partial charge is 0.285 e. The number of aliphatic hydroxyl groups is 1. The molecule has 0 radical (unpaired) electrons. The lowest BCUT2D eigenvalue weighted by atomic mass is 10.0. The van der Waals surface area contributed by atoms with E-state index >= 15 is 0 Å². The number of nitrogens with zero attached hydrogens (tertiary/aromatic N) is 1. The zero-order valence-corrected chi connectivity index (χ0v) is 12.4. The van der Waals surface area contributed by atoms with E-state index in [2.05, 4.69) is 5.32 Å². The Morgan fingerprint density at radius 1 is 1.52 bits per heavy atom. The number of amides is 1. The highest BCUT2D eigenvalue weighted by Gasteiger charge is 2.27. The van der Waals surface area contributed by atoms with Crippen LogP contribution in [0.5, 0.6) is 5.75 Å². The van der Waals surface area contributed by atoms with Crippen molar-refractivity contribution in [1.29, 1.82) is 0 Å². The minimum Gasteiger partial charge on any atom is -0.496 e. The van der Waals surface area contributed by atoms with E-state index in [0.29, 0.717) is 6.42 Å². The number of benzene rings is 1. The van der Waals surface area contributed by atoms with Gasteiger partial charge in [0.05, 0.1) is 17.6 Å². The Kier molecular flexibility index (Phi) is 5.66. The molecule has 21 heavy (non-hydrogen) atoms. The Bertz CT molecular complexity index is 528. The highest BCUT2D eigenvalue weighted by Crippen LogP contribution is 2.28. The molecule has 1 amide bonds. The number of nitro groups is 1. The second kappa shape index (κ2) is 7.03. The van der Waals surface area contributed by atoms with Gasteiger partial charge in [0.15, 0.2) is 5.56 Å². The topological polar surface area (TPSA) is 102 Å². The molecule has 1 atom stereocenters. The van der Waals surface area contributed by atoms with Crippen molar-refractivity contribution >= 4 is 11.6 Å². The molecule has 7 heteroatoms. The maximum atomic E-state index is 12.2. The van der Waals surface area contributed by atoms with Crippen LogP contribution >= 0.6 is 0 Å². The molecule has 0 saturated heterocycles. The summed E-state index contributed by atoms with van der Waals surface area (Å²) < 4.78 is 5.01. The summed E-state index contributed by atoms with van der Waals surface area (Å²) in [4.78, 5) is 22.6. The molecule has 1 unspecified atom stereocenters. The SMILES string of the molecule is CCCC(C)(O)CNC(=O)c1c(OC)cccc1[N+](=O)[O-]. The van der Waals surface area contributed by atoms with Crippen LogP contribution in [0.1, 0.15) is 37.0 Å². The molecule has 0 fully saturated rings. The molecule has 2 N–H and O–H groups in total. The van der Waals surface area contributed by atoms with Crippen molar-refractivity contribution < 1.29 is 19.6 Å². The van der Waals surface area contributed by atoms with Crippen LogP contribution in [0.4, 0.5) is 5.69 Å². The lowest BCUT2D eigenvalue weighted by molar-refractivity contribution is -0.385. The first kappa shape index (κ1) is 16.9. The molecule has 0 spiro atoms. The van der Waals surface area contributed by atoms with Gasteiger partial charge in [0, 0.05) is 12.6 Å². The Morgan fingerprint density at radius 3 is 2.71 bits per heavy atom. The van der Waals surface area contributed by atoms with E-state index < -0.39 is 16.4 Å². The first-order chi connectivity index (χ1) is 9.82. The van der Waals surface area contributed by atoms with Crippen LogP contribution in [0, 0.1) is 10.1 Å². The molecule has 1 aromatic carbocycles. The molecule has 0 aliphatic heterocycles. The van der Waals surface area contributed by atoms with Crippen molar-refractivity contribution in [1.82, 2.24) is 5.32 Å². The quantitative estimate of drug-likeness (QED) is 0.591. The van der Waals surface area contributed by atoms with Crippen LogP contribution < -0.4 is 10.1 Å². The highest BCUT2D eigenvalue weighted by molar-refractivity contribution is 6.00. The molecular formula is C14H20N2O5. The molecule has 0 aliphatic carbocycles. The van der Waals surface area contributed by atoms with Crippen molar-refractivity contribution in [3.8, 4) is 5.75 Å². The second-order valence-electron chi connectivity index (χ2n) is 5.04. The first-order valence-electron chi connectivity index (χ1n) is 6.64. The fraction of sp³-hybridized carbons (Fsp3) is 0.500. The van der Waals surface area contributed by atoms with E-state index in [0.717, 1.165) is 6.42 Å². The number of hydrogen-bond donors (Lipinski definition) is 2. The zero-order chi connectivity index (χ0) is 16.0. The summed E-state index contributed by atoms with van der Waals surface area (Å²) in [6.45, 7) is 3.53. The maximum absolute atomic E-state index is 12.2. The van der Waals surface area contributed by atoms with Crippen LogP contribution in [0.25, 0.3) is 0 Å². The van der Waals surface area contributed by atoms with Gasteiger partial charge in [0.25, 0.3) is 11.6 Å². The average molecular weight is 296 g/mol. The summed E-state index contributed by atoms with van der Waals surface area (Å²) in [6, 6.07) is 4.16. The van der Waals surface area contributed by atoms with Gasteiger partial charge in [-0.05, 0) is 19.4 Å². The van der Waals surface area contributed by atoms with Gasteiger partial charge in [-0.15, -0.1) is 0 Å². The third-order valence-electron chi connectivity index (χ3n) is 3.07. The lowest BCUT2D eigenvalue weighted by Gasteiger charge is -2.23. The zero-order valence-electron chi connectivity index (χ0n) is 12.4. The lowest BCUT2D eigenvalue weighted by Crippen LogP contribution is -2.40. The normalized spacial score (nSPS) is 13.3. The van der Waals surface area contributed by atoms with E-state index in [1.165, 1.54) is 25.3 Å². The third-order valence-corrected chi connectivity index (χ3v) is 3.07. The van der Waals surface area contributed by atoms with Gasteiger partial charge >= 0.3 is 0 Å². The fourth-order valence-electron chi connectivity index (χ4n) is 2.06. The number of methoxy groups -OCH3 is 1. The van der Waals surface area contributed by atoms with Crippen LogP contribution in [-0.2, 0) is 0 Å². The number of nitrogens with one attached hydrogen (secondary N) is 1. The minimum atomic E-state index is -1.05. The first-order valence-corrected chi connectivity index (χ1v) is 6.64. The van der Waals surface area contributed by atoms with Gasteiger partial charge in [-0.3, -0.25) is 14.9 Å². The molecule has 0 saturated carbocycles. The molecule has 0 bridgehead atoms. The van der Waals surface area contributed by atoms with Gasteiger partial charge < -0.3 is 15.2 Å². The fourth-order valence-corrected chi connectivity index (χ4v) is 2.06. The summed E-state index contributed by atoms with van der Waals surface area (Å²) in [7, 11) is 1.34. The monoisotopic (exact) mass is 296 g/mol. The van der Waals surface area contributed by atoms with Crippen molar-refractivity contribution in [2.24, 2.45) is 0 Å². The molecule has 116 valence electrons. The number of ether oxygens (including phenoxy) is 1. The van der Waals surface area contributed by atoms with Crippen molar-refractivity contribution in [3.63, 3.8) is 0 Å². The van der Waals surface area contributed by atoms with Crippen LogP contribution in [-0.4, -0.2) is 35.2 Å². The van der Waals surface area contributed by atoms with E-state index in [-0.39, 0.29) is 23.5 Å². The van der Waals surface area contributed by atoms with E-state index in [4.69, 9.17) is 4.74 Å². The standard InChI is InChI=1S/C14H20N2O5/c1-4-8-14(2,18)9-15-13(17)12-10(16(19)20)6-5-7-11(12)21-3/h5-7,18H,4,8-9H2,1-3H3,(H,15,17). The van der Waals surface area contributed by atoms with Crippen LogP contribution in [0.15, 0.2) is 18.2 Å². The molecule has 1 rings (SSSR count). The Balaban J connectivity index is 2.99. The predicted octanol–water partition coefficient (Wildman–Crippen LogP) is 1.88. The Morgan fingerprint density at radius 2 is 2.19 bits per heavy atom. The Labute approximate surface area is 123 Å². The Hall–Kier alpha value is -2.15. The third kappa shape index (κ3) is 4.42. The van der Waals surface area contributed by atoms with E-state index in [9.17, 15) is 20.0 Å². The van der Waals surface area contributed by atoms with Gasteiger partial charge in [-0.2, -0.15) is 0 Å². The summed E-state index contributed by atoms with van der Waals surface area (Å²) >= 11 is 0. The molecule has 0 aromatic heterocycles. The molecule has 0 aliphatic rings. The summed E-state index contributed by atoms with van der Waals surface area (Å²) in [5, 5.41) is 23.6. The summed E-state index contributed by atoms with van der Waals surface area (Å²) in [6.07, 6.45) is 1.28. The van der Waals surface area contributed by atoms with Gasteiger partial charge in [-0.1, -0.05) is 19.4 Å². The van der Waals surface area contributed by atoms with Crippen LogP contribution in [0.2, 0.25) is 0 Å². The molecule has 7 nitrogen and oxygen atoms in total. The number of rotatable bonds is 7. The number of hydrogen-bond acceptors (Lipinski definition) is 5. The van der Waals surface area contributed by atoms with Crippen LogP contribution in [0.3, 0.4) is 0 Å². The van der Waals surface area contributed by atoms with E-state index in [1.807, 2.05) is 6.92 Å². The van der Waals surface area contributed by atoms with Crippen molar-refractivity contribution in [3.05, 3.63) is 33.9 Å². The summed E-state index contributed by atoms with van der Waals surface area (Å²) in [5.74, 6) is -0.521.